The molecular weight excluding hydrogens is 308 g/mol. The van der Waals surface area contributed by atoms with Crippen molar-refractivity contribution in [2.24, 2.45) is 29.1 Å². The standard InChI is InChI=1S/C18H16N2O4/c21-16-14-12-5-6-13(18(12)7-8-18)15(14)17(22)19(16)9-10-1-3-11(4-2-10)20(23)24/h1-6,12-15H,7-9H2/t12-,13-,14-,15+/m1/s1. The zero-order valence-electron chi connectivity index (χ0n) is 12.9. The summed E-state index contributed by atoms with van der Waals surface area (Å²) in [5.74, 6) is -0.0457. The molecule has 1 heterocycles. The second-order valence-corrected chi connectivity index (χ2v) is 7.41. The lowest BCUT2D eigenvalue weighted by molar-refractivity contribution is -0.384. The summed E-state index contributed by atoms with van der Waals surface area (Å²) in [6.45, 7) is 0.203. The van der Waals surface area contributed by atoms with E-state index < -0.39 is 4.92 Å². The number of hydrogen-bond donors (Lipinski definition) is 0. The van der Waals surface area contributed by atoms with Gasteiger partial charge in [0.05, 0.1) is 23.3 Å². The summed E-state index contributed by atoms with van der Waals surface area (Å²) in [4.78, 5) is 37.3. The molecule has 6 heteroatoms. The van der Waals surface area contributed by atoms with Gasteiger partial charge in [-0.1, -0.05) is 24.3 Å². The summed E-state index contributed by atoms with van der Waals surface area (Å²) >= 11 is 0. The monoisotopic (exact) mass is 324 g/mol. The van der Waals surface area contributed by atoms with Crippen LogP contribution in [0.25, 0.3) is 0 Å². The van der Waals surface area contributed by atoms with Crippen LogP contribution in [0, 0.1) is 39.2 Å². The van der Waals surface area contributed by atoms with Crippen molar-refractivity contribution in [1.29, 1.82) is 0 Å². The van der Waals surface area contributed by atoms with Gasteiger partial charge in [-0.3, -0.25) is 24.6 Å². The summed E-state index contributed by atoms with van der Waals surface area (Å²) in [6.07, 6.45) is 6.56. The third-order valence-electron chi connectivity index (χ3n) is 6.43. The van der Waals surface area contributed by atoms with Gasteiger partial charge in [-0.15, -0.1) is 0 Å². The van der Waals surface area contributed by atoms with Gasteiger partial charge < -0.3 is 0 Å². The van der Waals surface area contributed by atoms with Crippen LogP contribution < -0.4 is 0 Å². The maximum Gasteiger partial charge on any atom is 0.269 e. The quantitative estimate of drug-likeness (QED) is 0.370. The fraction of sp³-hybridized carbons (Fsp3) is 0.444. The van der Waals surface area contributed by atoms with Crippen molar-refractivity contribution >= 4 is 17.5 Å². The normalized spacial score (nSPS) is 34.2. The SMILES string of the molecule is O=C1[C@@H]2[C@H](C(=O)N1Cc1ccc([N+](=O)[O-])cc1)[C@H]1C=C[C@H]2C12CC2. The molecule has 122 valence electrons. The van der Waals surface area contributed by atoms with E-state index in [0.717, 1.165) is 18.4 Å². The van der Waals surface area contributed by atoms with Crippen molar-refractivity contribution in [1.82, 2.24) is 4.90 Å². The Morgan fingerprint density at radius 3 is 2.04 bits per heavy atom. The Morgan fingerprint density at radius 2 is 1.58 bits per heavy atom. The molecule has 1 spiro atoms. The van der Waals surface area contributed by atoms with Crippen LogP contribution in [0.4, 0.5) is 5.69 Å². The number of imide groups is 1. The zero-order chi connectivity index (χ0) is 16.6. The van der Waals surface area contributed by atoms with E-state index >= 15 is 0 Å². The number of allylic oxidation sites excluding steroid dienone is 2. The van der Waals surface area contributed by atoms with E-state index in [4.69, 9.17) is 0 Å². The van der Waals surface area contributed by atoms with Gasteiger partial charge in [0.15, 0.2) is 0 Å². The first-order valence-electron chi connectivity index (χ1n) is 8.30. The highest BCUT2D eigenvalue weighted by Crippen LogP contribution is 2.73. The maximum atomic E-state index is 12.8. The third kappa shape index (κ3) is 1.56. The second kappa shape index (κ2) is 4.32. The number of fused-ring (bicyclic) bond motifs is 3. The van der Waals surface area contributed by atoms with E-state index in [1.807, 2.05) is 0 Å². The average Bonchev–Trinajstić information content (AvgIpc) is 3.18. The number of rotatable bonds is 3. The molecular formula is C18H16N2O4. The lowest BCUT2D eigenvalue weighted by Crippen LogP contribution is -2.34. The molecule has 2 saturated carbocycles. The molecule has 0 radical (unpaired) electrons. The van der Waals surface area contributed by atoms with Gasteiger partial charge in [-0.05, 0) is 35.7 Å². The van der Waals surface area contributed by atoms with E-state index in [1.54, 1.807) is 12.1 Å². The third-order valence-corrected chi connectivity index (χ3v) is 6.43. The molecule has 3 aliphatic carbocycles. The highest BCUT2D eigenvalue weighted by molar-refractivity contribution is 6.06. The zero-order valence-corrected chi connectivity index (χ0v) is 12.9. The van der Waals surface area contributed by atoms with E-state index in [-0.39, 0.29) is 53.1 Å². The minimum Gasteiger partial charge on any atom is -0.278 e. The molecule has 0 N–H and O–H groups in total. The molecule has 4 aliphatic rings. The van der Waals surface area contributed by atoms with E-state index in [9.17, 15) is 19.7 Å². The van der Waals surface area contributed by atoms with E-state index in [1.165, 1.54) is 17.0 Å². The first-order valence-corrected chi connectivity index (χ1v) is 8.30. The maximum absolute atomic E-state index is 12.8. The van der Waals surface area contributed by atoms with Crippen LogP contribution in [0.3, 0.4) is 0 Å². The molecule has 0 aromatic heterocycles. The summed E-state index contributed by atoms with van der Waals surface area (Å²) in [5.41, 5.74) is 0.955. The van der Waals surface area contributed by atoms with Gasteiger partial charge in [0.2, 0.25) is 11.8 Å². The van der Waals surface area contributed by atoms with E-state index in [2.05, 4.69) is 12.2 Å². The molecule has 5 rings (SSSR count). The van der Waals surface area contributed by atoms with Crippen molar-refractivity contribution in [2.45, 2.75) is 19.4 Å². The molecule has 2 amide bonds. The first-order chi connectivity index (χ1) is 11.5. The minimum atomic E-state index is -0.460. The van der Waals surface area contributed by atoms with Crippen molar-refractivity contribution in [3.8, 4) is 0 Å². The van der Waals surface area contributed by atoms with Crippen LogP contribution in [-0.2, 0) is 16.1 Å². The lowest BCUT2D eigenvalue weighted by Gasteiger charge is -2.21. The Kier molecular flexibility index (Phi) is 2.50. The van der Waals surface area contributed by atoms with Gasteiger partial charge in [0.1, 0.15) is 0 Å². The van der Waals surface area contributed by atoms with Crippen LogP contribution >= 0.6 is 0 Å². The molecule has 4 atom stereocenters. The van der Waals surface area contributed by atoms with Crippen molar-refractivity contribution in [3.63, 3.8) is 0 Å². The first kappa shape index (κ1) is 13.9. The Labute approximate surface area is 138 Å². The number of nitro benzene ring substituents is 1. The second-order valence-electron chi connectivity index (χ2n) is 7.41. The predicted octanol–water partition coefficient (Wildman–Crippen LogP) is 2.29. The molecule has 1 aliphatic heterocycles. The number of amides is 2. The Hall–Kier alpha value is -2.50. The van der Waals surface area contributed by atoms with Crippen molar-refractivity contribution in [2.75, 3.05) is 0 Å². The smallest absolute Gasteiger partial charge is 0.269 e. The van der Waals surface area contributed by atoms with Crippen LogP contribution in [0.2, 0.25) is 0 Å². The van der Waals surface area contributed by atoms with Gasteiger partial charge in [0.25, 0.3) is 5.69 Å². The molecule has 0 unspecified atom stereocenters. The predicted molar refractivity (Wildman–Crippen MR) is 83.4 cm³/mol. The average molecular weight is 324 g/mol. The topological polar surface area (TPSA) is 80.5 Å². The number of carbonyl (C=O) groups excluding carboxylic acids is 2. The molecule has 2 bridgehead atoms. The number of carbonyl (C=O) groups is 2. The molecule has 6 nitrogen and oxygen atoms in total. The van der Waals surface area contributed by atoms with Gasteiger partial charge in [0, 0.05) is 12.1 Å². The number of non-ortho nitro benzene ring substituents is 1. The number of benzene rings is 1. The Balaban J connectivity index is 1.40. The van der Waals surface area contributed by atoms with Crippen LogP contribution in [0.5, 0.6) is 0 Å². The fourth-order valence-electron chi connectivity index (χ4n) is 5.20. The number of nitrogens with zero attached hydrogens (tertiary/aromatic N) is 2. The molecule has 1 saturated heterocycles. The summed E-state index contributed by atoms with van der Waals surface area (Å²) in [5, 5.41) is 10.7. The van der Waals surface area contributed by atoms with Gasteiger partial charge in [-0.25, -0.2) is 0 Å². The summed E-state index contributed by atoms with van der Waals surface area (Å²) in [7, 11) is 0. The van der Waals surface area contributed by atoms with Crippen LogP contribution in [0.15, 0.2) is 36.4 Å². The van der Waals surface area contributed by atoms with Crippen LogP contribution in [-0.4, -0.2) is 21.6 Å². The fourth-order valence-corrected chi connectivity index (χ4v) is 5.20. The highest BCUT2D eigenvalue weighted by atomic mass is 16.6. The largest absolute Gasteiger partial charge is 0.278 e. The lowest BCUT2D eigenvalue weighted by atomic mass is 9.85. The van der Waals surface area contributed by atoms with E-state index in [0.29, 0.717) is 0 Å². The number of nitro groups is 1. The molecule has 1 aromatic carbocycles. The Morgan fingerprint density at radius 1 is 1.04 bits per heavy atom. The van der Waals surface area contributed by atoms with Crippen molar-refractivity contribution < 1.29 is 14.5 Å². The number of likely N-dealkylation sites (tertiary alicyclic amines) is 1. The summed E-state index contributed by atoms with van der Waals surface area (Å²) < 4.78 is 0. The van der Waals surface area contributed by atoms with Crippen molar-refractivity contribution in [3.05, 3.63) is 52.1 Å². The molecule has 3 fully saturated rings. The summed E-state index contributed by atoms with van der Waals surface area (Å²) in [6, 6.07) is 6.04. The minimum absolute atomic E-state index is 0.00705. The van der Waals surface area contributed by atoms with Gasteiger partial charge in [-0.2, -0.15) is 0 Å². The highest BCUT2D eigenvalue weighted by Gasteiger charge is 2.73. The molecule has 1 aromatic rings. The van der Waals surface area contributed by atoms with Gasteiger partial charge >= 0.3 is 0 Å². The van der Waals surface area contributed by atoms with Crippen LogP contribution in [0.1, 0.15) is 18.4 Å². The Bertz CT molecular complexity index is 775. The molecule has 24 heavy (non-hydrogen) atoms. The number of hydrogen-bond acceptors (Lipinski definition) is 4.